The Hall–Kier alpha value is -0.850. The highest BCUT2D eigenvalue weighted by Crippen LogP contribution is 2.27. The maximum Gasteiger partial charge on any atom is 0.147 e. The zero-order valence-corrected chi connectivity index (χ0v) is 12.3. The van der Waals surface area contributed by atoms with E-state index in [1.54, 1.807) is 0 Å². The number of rotatable bonds is 5. The predicted octanol–water partition coefficient (Wildman–Crippen LogP) is 3.61. The molecule has 0 saturated heterocycles. The molecule has 0 saturated carbocycles. The van der Waals surface area contributed by atoms with Gasteiger partial charge in [-0.25, -0.2) is 4.39 Å². The standard InChI is InChI=1S/C12H13BrFN3S/c1-2-3-15-7-11-16-17-12(18-11)8-4-9(13)6-10(14)5-8/h4-6,15H,2-3,7H2,1H3. The smallest absolute Gasteiger partial charge is 0.147 e. The summed E-state index contributed by atoms with van der Waals surface area (Å²) in [5.74, 6) is -0.278. The zero-order chi connectivity index (χ0) is 13.0. The van der Waals surface area contributed by atoms with E-state index in [4.69, 9.17) is 0 Å². The van der Waals surface area contributed by atoms with Crippen molar-refractivity contribution < 1.29 is 4.39 Å². The molecule has 0 amide bonds. The highest BCUT2D eigenvalue weighted by Gasteiger charge is 2.08. The molecule has 1 N–H and O–H groups in total. The third-order valence-corrected chi connectivity index (χ3v) is 3.71. The predicted molar refractivity (Wildman–Crippen MR) is 75.0 cm³/mol. The molecule has 1 aromatic carbocycles. The summed E-state index contributed by atoms with van der Waals surface area (Å²) in [5, 5.41) is 13.1. The number of nitrogens with zero attached hydrogens (tertiary/aromatic N) is 2. The van der Waals surface area contributed by atoms with Gasteiger partial charge in [-0.05, 0) is 31.2 Å². The van der Waals surface area contributed by atoms with Gasteiger partial charge in [-0.2, -0.15) is 0 Å². The molecule has 18 heavy (non-hydrogen) atoms. The Labute approximate surface area is 118 Å². The van der Waals surface area contributed by atoms with E-state index in [0.29, 0.717) is 11.0 Å². The van der Waals surface area contributed by atoms with Gasteiger partial charge in [0.25, 0.3) is 0 Å². The summed E-state index contributed by atoms with van der Waals surface area (Å²) in [6.45, 7) is 3.78. The van der Waals surface area contributed by atoms with Gasteiger partial charge in [-0.3, -0.25) is 0 Å². The molecule has 0 spiro atoms. The van der Waals surface area contributed by atoms with Gasteiger partial charge in [0.2, 0.25) is 0 Å². The van der Waals surface area contributed by atoms with Gasteiger partial charge in [-0.1, -0.05) is 34.2 Å². The van der Waals surface area contributed by atoms with E-state index in [1.807, 2.05) is 6.07 Å². The van der Waals surface area contributed by atoms with Crippen molar-refractivity contribution in [3.63, 3.8) is 0 Å². The first-order valence-corrected chi connectivity index (χ1v) is 7.29. The molecule has 0 aliphatic heterocycles. The van der Waals surface area contributed by atoms with Crippen LogP contribution in [0.3, 0.4) is 0 Å². The summed E-state index contributed by atoms with van der Waals surface area (Å²) in [5.41, 5.74) is 0.751. The normalized spacial score (nSPS) is 10.8. The summed E-state index contributed by atoms with van der Waals surface area (Å²) in [6, 6.07) is 4.73. The van der Waals surface area contributed by atoms with Crippen LogP contribution in [0.1, 0.15) is 18.4 Å². The highest BCUT2D eigenvalue weighted by molar-refractivity contribution is 9.10. The number of hydrogen-bond acceptors (Lipinski definition) is 4. The molecule has 2 aromatic rings. The second-order valence-corrected chi connectivity index (χ2v) is 5.81. The lowest BCUT2D eigenvalue weighted by Crippen LogP contribution is -2.13. The Bertz CT molecular complexity index is 510. The van der Waals surface area contributed by atoms with Crippen molar-refractivity contribution in [2.45, 2.75) is 19.9 Å². The van der Waals surface area contributed by atoms with Crippen molar-refractivity contribution in [2.75, 3.05) is 6.54 Å². The molecule has 0 aliphatic rings. The van der Waals surface area contributed by atoms with Crippen LogP contribution in [0.15, 0.2) is 22.7 Å². The average Bonchev–Trinajstić information content (AvgIpc) is 2.77. The molecule has 0 aliphatic carbocycles. The molecule has 0 unspecified atom stereocenters. The fourth-order valence-corrected chi connectivity index (χ4v) is 2.75. The molecule has 1 heterocycles. The van der Waals surface area contributed by atoms with Crippen LogP contribution in [0.4, 0.5) is 4.39 Å². The molecule has 0 fully saturated rings. The first-order chi connectivity index (χ1) is 8.69. The van der Waals surface area contributed by atoms with E-state index in [9.17, 15) is 4.39 Å². The van der Waals surface area contributed by atoms with Gasteiger partial charge >= 0.3 is 0 Å². The fourth-order valence-electron chi connectivity index (χ4n) is 1.49. The number of aromatic nitrogens is 2. The van der Waals surface area contributed by atoms with Crippen LogP contribution < -0.4 is 5.32 Å². The number of hydrogen-bond donors (Lipinski definition) is 1. The van der Waals surface area contributed by atoms with Gasteiger partial charge in [0.1, 0.15) is 15.8 Å². The molecule has 2 rings (SSSR count). The van der Waals surface area contributed by atoms with Crippen LogP contribution in [0, 0.1) is 5.82 Å². The van der Waals surface area contributed by atoms with Gasteiger partial charge in [0.05, 0.1) is 0 Å². The second kappa shape index (κ2) is 6.36. The van der Waals surface area contributed by atoms with Crippen LogP contribution in [0.25, 0.3) is 10.6 Å². The van der Waals surface area contributed by atoms with Gasteiger partial charge < -0.3 is 5.32 Å². The second-order valence-electron chi connectivity index (χ2n) is 3.84. The number of nitrogens with one attached hydrogen (secondary N) is 1. The van der Waals surface area contributed by atoms with Gasteiger partial charge in [-0.15, -0.1) is 10.2 Å². The molecule has 1 aromatic heterocycles. The Morgan fingerprint density at radius 3 is 2.89 bits per heavy atom. The molecule has 0 atom stereocenters. The third-order valence-electron chi connectivity index (χ3n) is 2.28. The quantitative estimate of drug-likeness (QED) is 0.851. The van der Waals surface area contributed by atoms with Gasteiger partial charge in [0, 0.05) is 16.6 Å². The SMILES string of the molecule is CCCNCc1nnc(-c2cc(F)cc(Br)c2)s1. The van der Waals surface area contributed by atoms with Crippen molar-refractivity contribution in [3.05, 3.63) is 33.5 Å². The number of halogens is 2. The first-order valence-electron chi connectivity index (χ1n) is 5.68. The largest absolute Gasteiger partial charge is 0.310 e. The molecular weight excluding hydrogens is 317 g/mol. The van der Waals surface area contributed by atoms with Crippen LogP contribution in [-0.4, -0.2) is 16.7 Å². The Kier molecular flexibility index (Phi) is 4.79. The molecule has 6 heteroatoms. The van der Waals surface area contributed by atoms with E-state index in [1.165, 1.54) is 23.5 Å². The Morgan fingerprint density at radius 1 is 1.33 bits per heavy atom. The van der Waals surface area contributed by atoms with Crippen LogP contribution in [-0.2, 0) is 6.54 Å². The van der Waals surface area contributed by atoms with Gasteiger partial charge in [0.15, 0.2) is 0 Å². The topological polar surface area (TPSA) is 37.8 Å². The van der Waals surface area contributed by atoms with Crippen LogP contribution >= 0.6 is 27.3 Å². The summed E-state index contributed by atoms with van der Waals surface area (Å²) in [7, 11) is 0. The van der Waals surface area contributed by atoms with Crippen molar-refractivity contribution in [1.29, 1.82) is 0 Å². The lowest BCUT2D eigenvalue weighted by molar-refractivity contribution is 0.627. The molecule has 0 radical (unpaired) electrons. The van der Waals surface area contributed by atoms with Crippen molar-refractivity contribution in [3.8, 4) is 10.6 Å². The summed E-state index contributed by atoms with van der Waals surface area (Å²) >= 11 is 4.75. The summed E-state index contributed by atoms with van der Waals surface area (Å²) in [4.78, 5) is 0. The van der Waals surface area contributed by atoms with Crippen LogP contribution in [0.2, 0.25) is 0 Å². The molecule has 3 nitrogen and oxygen atoms in total. The maximum absolute atomic E-state index is 13.3. The van der Waals surface area contributed by atoms with Crippen molar-refractivity contribution >= 4 is 27.3 Å². The average molecular weight is 330 g/mol. The van der Waals surface area contributed by atoms with Crippen LogP contribution in [0.5, 0.6) is 0 Å². The number of benzene rings is 1. The van der Waals surface area contributed by atoms with Crippen molar-refractivity contribution in [2.24, 2.45) is 0 Å². The van der Waals surface area contributed by atoms with E-state index in [0.717, 1.165) is 28.5 Å². The van der Waals surface area contributed by atoms with E-state index >= 15 is 0 Å². The van der Waals surface area contributed by atoms with E-state index in [2.05, 4.69) is 38.4 Å². The minimum atomic E-state index is -0.278. The van der Waals surface area contributed by atoms with E-state index in [-0.39, 0.29) is 5.82 Å². The fraction of sp³-hybridized carbons (Fsp3) is 0.333. The lowest BCUT2D eigenvalue weighted by atomic mass is 10.2. The third kappa shape index (κ3) is 3.57. The summed E-state index contributed by atoms with van der Waals surface area (Å²) in [6.07, 6.45) is 1.09. The van der Waals surface area contributed by atoms with E-state index < -0.39 is 0 Å². The minimum Gasteiger partial charge on any atom is -0.310 e. The molecule has 0 bridgehead atoms. The highest BCUT2D eigenvalue weighted by atomic mass is 79.9. The van der Waals surface area contributed by atoms with Crippen molar-refractivity contribution in [1.82, 2.24) is 15.5 Å². The zero-order valence-electron chi connectivity index (χ0n) is 9.91. The first kappa shape index (κ1) is 13.6. The Balaban J connectivity index is 2.13. The molecule has 96 valence electrons. The molecular formula is C12H13BrFN3S. The summed E-state index contributed by atoms with van der Waals surface area (Å²) < 4.78 is 14.0. The lowest BCUT2D eigenvalue weighted by Gasteiger charge is -1.98. The minimum absolute atomic E-state index is 0.278. The monoisotopic (exact) mass is 329 g/mol. The Morgan fingerprint density at radius 2 is 2.17 bits per heavy atom. The maximum atomic E-state index is 13.3.